The van der Waals surface area contributed by atoms with Gasteiger partial charge in [-0.25, -0.2) is 4.98 Å². The number of H-pyrrole nitrogens is 1. The topological polar surface area (TPSA) is 88.5 Å². The van der Waals surface area contributed by atoms with Crippen molar-refractivity contribution in [1.82, 2.24) is 24.7 Å². The number of fused-ring (bicyclic) bond motifs is 1. The number of amides is 1. The van der Waals surface area contributed by atoms with Crippen molar-refractivity contribution in [1.29, 1.82) is 0 Å². The van der Waals surface area contributed by atoms with Crippen LogP contribution in [-0.4, -0.2) is 30.6 Å². The normalized spacial score (nSPS) is 11.0. The van der Waals surface area contributed by atoms with Crippen LogP contribution >= 0.6 is 0 Å². The van der Waals surface area contributed by atoms with Crippen LogP contribution in [0.15, 0.2) is 85.1 Å². The second-order valence-corrected chi connectivity index (χ2v) is 7.54. The number of nitrogens with one attached hydrogen (secondary N) is 2. The number of aromatic amines is 1. The number of aryl methyl sites for hydroxylation is 2. The summed E-state index contributed by atoms with van der Waals surface area (Å²) in [5.74, 6) is 0.203. The Hall–Kier alpha value is -4.26. The minimum Gasteiger partial charge on any atom is -0.310 e. The zero-order valence-corrected chi connectivity index (χ0v) is 17.4. The number of anilines is 1. The number of carbonyl (C=O) groups is 1. The van der Waals surface area contributed by atoms with E-state index >= 15 is 0 Å². The molecule has 0 aliphatic rings. The van der Waals surface area contributed by atoms with Gasteiger partial charge in [0.1, 0.15) is 0 Å². The third kappa shape index (κ3) is 4.27. The van der Waals surface area contributed by atoms with Crippen LogP contribution < -0.4 is 5.32 Å². The number of rotatable bonds is 7. The van der Waals surface area contributed by atoms with E-state index in [-0.39, 0.29) is 5.91 Å². The second kappa shape index (κ2) is 8.85. The first kappa shape index (κ1) is 19.7. The molecule has 0 radical (unpaired) electrons. The Bertz CT molecular complexity index is 1340. The third-order valence-corrected chi connectivity index (χ3v) is 5.30. The van der Waals surface area contributed by atoms with Gasteiger partial charge in [-0.3, -0.25) is 20.2 Å². The summed E-state index contributed by atoms with van der Waals surface area (Å²) in [5.41, 5.74) is 5.14. The SMILES string of the molecule is O=C(Nc1nc2ccccc2n1CCc1ccccn1)c1cc(Cc2ccccc2)[nH]n1. The number of hydrogen-bond donors (Lipinski definition) is 2. The van der Waals surface area contributed by atoms with Crippen molar-refractivity contribution in [2.24, 2.45) is 0 Å². The van der Waals surface area contributed by atoms with Gasteiger partial charge in [-0.1, -0.05) is 48.5 Å². The molecule has 0 fully saturated rings. The van der Waals surface area contributed by atoms with E-state index in [4.69, 9.17) is 0 Å². The van der Waals surface area contributed by atoms with Gasteiger partial charge in [0, 0.05) is 37.0 Å². The van der Waals surface area contributed by atoms with Gasteiger partial charge in [0.15, 0.2) is 5.69 Å². The summed E-state index contributed by atoms with van der Waals surface area (Å²) >= 11 is 0. The highest BCUT2D eigenvalue weighted by Gasteiger charge is 2.17. The van der Waals surface area contributed by atoms with E-state index in [0.29, 0.717) is 24.6 Å². The summed E-state index contributed by atoms with van der Waals surface area (Å²) < 4.78 is 2.01. The molecule has 5 rings (SSSR count). The number of aromatic nitrogens is 5. The molecule has 0 aliphatic heterocycles. The predicted octanol–water partition coefficient (Wildman–Crippen LogP) is 4.24. The Morgan fingerprint density at radius 2 is 1.78 bits per heavy atom. The lowest BCUT2D eigenvalue weighted by Gasteiger charge is -2.09. The largest absolute Gasteiger partial charge is 0.310 e. The summed E-state index contributed by atoms with van der Waals surface area (Å²) in [6.45, 7) is 0.646. The van der Waals surface area contributed by atoms with E-state index in [9.17, 15) is 4.79 Å². The van der Waals surface area contributed by atoms with Gasteiger partial charge in [0.25, 0.3) is 5.91 Å². The molecule has 158 valence electrons. The van der Waals surface area contributed by atoms with Crippen molar-refractivity contribution in [3.63, 3.8) is 0 Å². The number of hydrogen-bond acceptors (Lipinski definition) is 4. The molecule has 0 saturated carbocycles. The number of nitrogens with zero attached hydrogens (tertiary/aromatic N) is 4. The van der Waals surface area contributed by atoms with Crippen LogP contribution in [0.25, 0.3) is 11.0 Å². The molecule has 0 aliphatic carbocycles. The summed E-state index contributed by atoms with van der Waals surface area (Å²) in [6, 6.07) is 25.6. The number of para-hydroxylation sites is 2. The zero-order chi connectivity index (χ0) is 21.8. The van der Waals surface area contributed by atoms with Gasteiger partial charge < -0.3 is 4.57 Å². The number of pyridine rings is 1. The van der Waals surface area contributed by atoms with Crippen LogP contribution in [0, 0.1) is 0 Å². The standard InChI is InChI=1S/C25H22N6O/c32-24(22-17-20(29-30-22)16-18-8-2-1-3-9-18)28-25-27-21-11-4-5-12-23(21)31(25)15-13-19-10-6-7-14-26-19/h1-12,14,17H,13,15-16H2,(H,29,30)(H,27,28,32). The molecule has 32 heavy (non-hydrogen) atoms. The van der Waals surface area contributed by atoms with Crippen LogP contribution in [0.1, 0.15) is 27.4 Å². The smallest absolute Gasteiger partial charge is 0.278 e. The van der Waals surface area contributed by atoms with Gasteiger partial charge in [0.05, 0.1) is 11.0 Å². The Morgan fingerprint density at radius 3 is 2.62 bits per heavy atom. The molecular weight excluding hydrogens is 400 g/mol. The van der Waals surface area contributed by atoms with Gasteiger partial charge >= 0.3 is 0 Å². The van der Waals surface area contributed by atoms with Crippen LogP contribution in [0.4, 0.5) is 5.95 Å². The van der Waals surface area contributed by atoms with E-state index in [2.05, 4.69) is 25.5 Å². The lowest BCUT2D eigenvalue weighted by Crippen LogP contribution is -2.17. The van der Waals surface area contributed by atoms with Crippen LogP contribution in [0.5, 0.6) is 0 Å². The van der Waals surface area contributed by atoms with Crippen molar-refractivity contribution < 1.29 is 4.79 Å². The third-order valence-electron chi connectivity index (χ3n) is 5.30. The first-order chi connectivity index (χ1) is 15.8. The average molecular weight is 422 g/mol. The molecule has 0 bridgehead atoms. The fourth-order valence-corrected chi connectivity index (χ4v) is 3.72. The Kier molecular flexibility index (Phi) is 5.45. The van der Waals surface area contributed by atoms with E-state index in [1.807, 2.05) is 77.4 Å². The van der Waals surface area contributed by atoms with Gasteiger partial charge in [-0.15, -0.1) is 0 Å². The van der Waals surface area contributed by atoms with Crippen molar-refractivity contribution in [2.75, 3.05) is 5.32 Å². The van der Waals surface area contributed by atoms with Crippen LogP contribution in [0.3, 0.4) is 0 Å². The second-order valence-electron chi connectivity index (χ2n) is 7.54. The number of carbonyl (C=O) groups excluding carboxylic acids is 1. The lowest BCUT2D eigenvalue weighted by atomic mass is 10.1. The highest BCUT2D eigenvalue weighted by molar-refractivity contribution is 6.02. The maximum atomic E-state index is 12.9. The van der Waals surface area contributed by atoms with Crippen molar-refractivity contribution in [2.45, 2.75) is 19.4 Å². The molecular formula is C25H22N6O. The zero-order valence-electron chi connectivity index (χ0n) is 17.4. The molecule has 2 N–H and O–H groups in total. The number of imidazole rings is 1. The summed E-state index contributed by atoms with van der Waals surface area (Å²) in [7, 11) is 0. The molecule has 2 aromatic carbocycles. The Morgan fingerprint density at radius 1 is 0.969 bits per heavy atom. The highest BCUT2D eigenvalue weighted by Crippen LogP contribution is 2.21. The fraction of sp³-hybridized carbons (Fsp3) is 0.120. The highest BCUT2D eigenvalue weighted by atomic mass is 16.2. The molecule has 0 spiro atoms. The molecule has 3 aromatic heterocycles. The van der Waals surface area contributed by atoms with Crippen molar-refractivity contribution in [3.8, 4) is 0 Å². The molecule has 0 unspecified atom stereocenters. The summed E-state index contributed by atoms with van der Waals surface area (Å²) in [6.07, 6.45) is 3.20. The molecule has 0 atom stereocenters. The molecule has 1 amide bonds. The minimum absolute atomic E-state index is 0.296. The van der Waals surface area contributed by atoms with Crippen molar-refractivity contribution in [3.05, 3.63) is 108 Å². The molecule has 7 nitrogen and oxygen atoms in total. The maximum Gasteiger partial charge on any atom is 0.278 e. The predicted molar refractivity (Wildman–Crippen MR) is 123 cm³/mol. The first-order valence-corrected chi connectivity index (χ1v) is 10.5. The minimum atomic E-state index is -0.296. The van der Waals surface area contributed by atoms with Gasteiger partial charge in [-0.2, -0.15) is 5.10 Å². The first-order valence-electron chi connectivity index (χ1n) is 10.5. The van der Waals surface area contributed by atoms with Crippen molar-refractivity contribution >= 4 is 22.9 Å². The van der Waals surface area contributed by atoms with E-state index in [1.54, 1.807) is 12.3 Å². The number of benzene rings is 2. The molecule has 7 heteroatoms. The molecule has 0 saturated heterocycles. The summed E-state index contributed by atoms with van der Waals surface area (Å²) in [5, 5.41) is 10.1. The quantitative estimate of drug-likeness (QED) is 0.411. The van der Waals surface area contributed by atoms with E-state index in [1.165, 1.54) is 0 Å². The van der Waals surface area contributed by atoms with E-state index < -0.39 is 0 Å². The molecule has 3 heterocycles. The maximum absolute atomic E-state index is 12.9. The van der Waals surface area contributed by atoms with Crippen LogP contribution in [-0.2, 0) is 19.4 Å². The fourth-order valence-electron chi connectivity index (χ4n) is 3.72. The monoisotopic (exact) mass is 422 g/mol. The Balaban J connectivity index is 1.36. The van der Waals surface area contributed by atoms with E-state index in [0.717, 1.165) is 34.4 Å². The average Bonchev–Trinajstić information content (AvgIpc) is 3.43. The van der Waals surface area contributed by atoms with Gasteiger partial charge in [-0.05, 0) is 35.9 Å². The Labute approximate surface area is 185 Å². The van der Waals surface area contributed by atoms with Gasteiger partial charge in [0.2, 0.25) is 5.95 Å². The lowest BCUT2D eigenvalue weighted by molar-refractivity contribution is 0.102. The van der Waals surface area contributed by atoms with Crippen LogP contribution in [0.2, 0.25) is 0 Å². The molecule has 5 aromatic rings. The summed E-state index contributed by atoms with van der Waals surface area (Å²) in [4.78, 5) is 22.0.